The Morgan fingerprint density at radius 1 is 1.14 bits per heavy atom. The molecule has 5 heteroatoms. The first-order chi connectivity index (χ1) is 13.7. The largest absolute Gasteiger partial charge is 0.333 e. The van der Waals surface area contributed by atoms with E-state index in [2.05, 4.69) is 4.98 Å². The lowest BCUT2D eigenvalue weighted by Gasteiger charge is -2.25. The molecule has 4 nitrogen and oxygen atoms in total. The molecule has 0 bridgehead atoms. The number of rotatable bonds is 3. The van der Waals surface area contributed by atoms with E-state index >= 15 is 0 Å². The van der Waals surface area contributed by atoms with Crippen LogP contribution in [-0.4, -0.2) is 22.0 Å². The second kappa shape index (κ2) is 6.59. The SMILES string of the molecule is O=C(c1cccc(Cn2ccnc2)c1)N1CC2(CCCC2)c2c(F)cccc21. The van der Waals surface area contributed by atoms with Crippen molar-refractivity contribution in [1.82, 2.24) is 9.55 Å². The van der Waals surface area contributed by atoms with Gasteiger partial charge in [0.05, 0.1) is 12.0 Å². The van der Waals surface area contributed by atoms with Gasteiger partial charge in [0.1, 0.15) is 5.82 Å². The summed E-state index contributed by atoms with van der Waals surface area (Å²) in [5.41, 5.74) is 2.95. The van der Waals surface area contributed by atoms with Gasteiger partial charge in [0.15, 0.2) is 0 Å². The van der Waals surface area contributed by atoms with Gasteiger partial charge in [-0.25, -0.2) is 9.37 Å². The Bertz CT molecular complexity index is 1020. The van der Waals surface area contributed by atoms with Gasteiger partial charge in [-0.15, -0.1) is 0 Å². The average Bonchev–Trinajstić information content (AvgIpc) is 3.44. The Kier molecular flexibility index (Phi) is 4.04. The molecule has 1 saturated carbocycles. The summed E-state index contributed by atoms with van der Waals surface area (Å²) in [7, 11) is 0. The van der Waals surface area contributed by atoms with E-state index in [1.807, 2.05) is 41.1 Å². The molecule has 0 N–H and O–H groups in total. The van der Waals surface area contributed by atoms with Gasteiger partial charge in [0.25, 0.3) is 5.91 Å². The van der Waals surface area contributed by atoms with E-state index in [4.69, 9.17) is 0 Å². The third-order valence-corrected chi connectivity index (χ3v) is 6.18. The van der Waals surface area contributed by atoms with E-state index < -0.39 is 0 Å². The summed E-state index contributed by atoms with van der Waals surface area (Å²) in [6, 6.07) is 12.8. The number of fused-ring (bicyclic) bond motifs is 2. The van der Waals surface area contributed by atoms with Crippen molar-refractivity contribution < 1.29 is 9.18 Å². The van der Waals surface area contributed by atoms with Crippen molar-refractivity contribution in [3.8, 4) is 0 Å². The maximum Gasteiger partial charge on any atom is 0.258 e. The lowest BCUT2D eigenvalue weighted by molar-refractivity contribution is 0.0985. The summed E-state index contributed by atoms with van der Waals surface area (Å²) >= 11 is 0. The Labute approximate surface area is 163 Å². The van der Waals surface area contributed by atoms with Crippen LogP contribution in [-0.2, 0) is 12.0 Å². The summed E-state index contributed by atoms with van der Waals surface area (Å²) in [5, 5.41) is 0. The van der Waals surface area contributed by atoms with Crippen LogP contribution in [0.15, 0.2) is 61.2 Å². The van der Waals surface area contributed by atoms with Crippen LogP contribution in [0.25, 0.3) is 0 Å². The van der Waals surface area contributed by atoms with Crippen LogP contribution in [0.2, 0.25) is 0 Å². The number of benzene rings is 2. The summed E-state index contributed by atoms with van der Waals surface area (Å²) < 4.78 is 16.7. The maximum atomic E-state index is 14.8. The van der Waals surface area contributed by atoms with Crippen molar-refractivity contribution in [2.45, 2.75) is 37.6 Å². The first-order valence-electron chi connectivity index (χ1n) is 9.82. The number of hydrogen-bond acceptors (Lipinski definition) is 2. The molecule has 2 aromatic carbocycles. The van der Waals surface area contributed by atoms with Gasteiger partial charge in [-0.1, -0.05) is 31.0 Å². The van der Waals surface area contributed by atoms with E-state index in [0.717, 1.165) is 42.5 Å². The van der Waals surface area contributed by atoms with Crippen LogP contribution in [0.5, 0.6) is 0 Å². The third-order valence-electron chi connectivity index (χ3n) is 6.18. The monoisotopic (exact) mass is 375 g/mol. The molecular weight excluding hydrogens is 353 g/mol. The van der Waals surface area contributed by atoms with Crippen molar-refractivity contribution in [2.24, 2.45) is 0 Å². The Balaban J connectivity index is 1.49. The van der Waals surface area contributed by atoms with Gasteiger partial charge < -0.3 is 9.47 Å². The predicted molar refractivity (Wildman–Crippen MR) is 106 cm³/mol. The van der Waals surface area contributed by atoms with E-state index in [9.17, 15) is 9.18 Å². The number of hydrogen-bond donors (Lipinski definition) is 0. The molecule has 0 atom stereocenters. The third kappa shape index (κ3) is 2.73. The van der Waals surface area contributed by atoms with Crippen LogP contribution >= 0.6 is 0 Å². The molecule has 5 rings (SSSR count). The summed E-state index contributed by atoms with van der Waals surface area (Å²) in [6.07, 6.45) is 9.49. The molecule has 28 heavy (non-hydrogen) atoms. The fourth-order valence-corrected chi connectivity index (χ4v) is 4.92. The fourth-order valence-electron chi connectivity index (χ4n) is 4.92. The standard InChI is InChI=1S/C23H22FN3O/c24-19-7-4-8-20-21(19)23(9-1-2-10-23)15-27(20)22(28)18-6-3-5-17(13-18)14-26-12-11-25-16-26/h3-8,11-13,16H,1-2,9-10,14-15H2. The molecule has 1 amide bonds. The van der Waals surface area contributed by atoms with Gasteiger partial charge in [0.2, 0.25) is 0 Å². The van der Waals surface area contributed by atoms with Gasteiger partial charge >= 0.3 is 0 Å². The quantitative estimate of drug-likeness (QED) is 0.674. The Morgan fingerprint density at radius 3 is 2.75 bits per heavy atom. The zero-order valence-corrected chi connectivity index (χ0v) is 15.6. The molecule has 0 unspecified atom stereocenters. The first-order valence-corrected chi connectivity index (χ1v) is 9.82. The summed E-state index contributed by atoms with van der Waals surface area (Å²) in [5.74, 6) is -0.230. The second-order valence-electron chi connectivity index (χ2n) is 7.95. The number of amides is 1. The van der Waals surface area contributed by atoms with Gasteiger partial charge in [-0.05, 0) is 42.7 Å². The molecule has 0 radical (unpaired) electrons. The van der Waals surface area contributed by atoms with Crippen molar-refractivity contribution >= 4 is 11.6 Å². The van der Waals surface area contributed by atoms with Crippen molar-refractivity contribution in [1.29, 1.82) is 0 Å². The molecule has 1 aliphatic carbocycles. The smallest absolute Gasteiger partial charge is 0.258 e. The molecule has 2 aliphatic rings. The minimum atomic E-state index is -0.218. The summed E-state index contributed by atoms with van der Waals surface area (Å²) in [6.45, 7) is 1.24. The van der Waals surface area contributed by atoms with Gasteiger partial charge in [-0.2, -0.15) is 0 Å². The molecule has 1 aliphatic heterocycles. The molecule has 1 aromatic heterocycles. The molecule has 3 aromatic rings. The fraction of sp³-hybridized carbons (Fsp3) is 0.304. The zero-order valence-electron chi connectivity index (χ0n) is 15.6. The zero-order chi connectivity index (χ0) is 19.1. The van der Waals surface area contributed by atoms with E-state index in [1.165, 1.54) is 6.07 Å². The van der Waals surface area contributed by atoms with Crippen LogP contribution in [0.1, 0.15) is 47.2 Å². The number of imidazole rings is 1. The van der Waals surface area contributed by atoms with E-state index in [-0.39, 0.29) is 17.1 Å². The molecule has 1 spiro atoms. The van der Waals surface area contributed by atoms with Crippen LogP contribution in [0.4, 0.5) is 10.1 Å². The van der Waals surface area contributed by atoms with Crippen molar-refractivity contribution in [3.63, 3.8) is 0 Å². The lowest BCUT2D eigenvalue weighted by atomic mass is 9.80. The number of aromatic nitrogens is 2. The average molecular weight is 375 g/mol. The van der Waals surface area contributed by atoms with Gasteiger partial charge in [0, 0.05) is 42.0 Å². The number of anilines is 1. The first kappa shape index (κ1) is 17.2. The number of nitrogens with zero attached hydrogens (tertiary/aromatic N) is 3. The van der Waals surface area contributed by atoms with E-state index in [1.54, 1.807) is 23.5 Å². The molecule has 1 fully saturated rings. The maximum absolute atomic E-state index is 14.8. The Morgan fingerprint density at radius 2 is 1.96 bits per heavy atom. The number of carbonyl (C=O) groups is 1. The van der Waals surface area contributed by atoms with Crippen molar-refractivity contribution in [3.05, 3.63) is 83.7 Å². The van der Waals surface area contributed by atoms with Crippen LogP contribution in [0.3, 0.4) is 0 Å². The minimum Gasteiger partial charge on any atom is -0.333 e. The lowest BCUT2D eigenvalue weighted by Crippen LogP contribution is -2.35. The highest BCUT2D eigenvalue weighted by Crippen LogP contribution is 2.51. The van der Waals surface area contributed by atoms with Crippen LogP contribution in [0, 0.1) is 5.82 Å². The molecule has 142 valence electrons. The normalized spacial score (nSPS) is 17.2. The predicted octanol–water partition coefficient (Wildman–Crippen LogP) is 4.54. The number of carbonyl (C=O) groups excluding carboxylic acids is 1. The molecular formula is C23H22FN3O. The minimum absolute atomic E-state index is 0.0527. The topological polar surface area (TPSA) is 38.1 Å². The highest BCUT2D eigenvalue weighted by molar-refractivity contribution is 6.07. The van der Waals surface area contributed by atoms with Crippen molar-refractivity contribution in [2.75, 3.05) is 11.4 Å². The molecule has 2 heterocycles. The van der Waals surface area contributed by atoms with Crippen LogP contribution < -0.4 is 4.90 Å². The highest BCUT2D eigenvalue weighted by Gasteiger charge is 2.48. The Hall–Kier alpha value is -2.95. The highest BCUT2D eigenvalue weighted by atomic mass is 19.1. The van der Waals surface area contributed by atoms with Gasteiger partial charge in [-0.3, -0.25) is 4.79 Å². The summed E-state index contributed by atoms with van der Waals surface area (Å²) in [4.78, 5) is 19.3. The molecule has 0 saturated heterocycles. The number of halogens is 1. The van der Waals surface area contributed by atoms with E-state index in [0.29, 0.717) is 18.7 Å². The second-order valence-corrected chi connectivity index (χ2v) is 7.95.